The van der Waals surface area contributed by atoms with Crippen molar-refractivity contribution in [2.75, 3.05) is 26.6 Å². The average Bonchev–Trinajstić information content (AvgIpc) is 3.12. The molecular weight excluding hydrogens is 392 g/mol. The van der Waals surface area contributed by atoms with E-state index in [-0.39, 0.29) is 6.03 Å². The molecule has 152 valence electrons. The number of amides is 2. The summed E-state index contributed by atoms with van der Waals surface area (Å²) in [5.41, 5.74) is 2.35. The van der Waals surface area contributed by atoms with Crippen LogP contribution in [-0.2, 0) is 6.54 Å². The topological polar surface area (TPSA) is 94.6 Å². The summed E-state index contributed by atoms with van der Waals surface area (Å²) in [5, 5.41) is 6.50. The fraction of sp³-hybridized carbons (Fsp3) is 0.250. The molecule has 29 heavy (non-hydrogen) atoms. The molecule has 0 radical (unpaired) electrons. The number of methoxy groups -OCH3 is 3. The van der Waals surface area contributed by atoms with Crippen molar-refractivity contribution in [1.82, 2.24) is 15.3 Å². The zero-order valence-electron chi connectivity index (χ0n) is 16.6. The van der Waals surface area contributed by atoms with Gasteiger partial charge in [0.2, 0.25) is 5.75 Å². The minimum absolute atomic E-state index is 0.352. The summed E-state index contributed by atoms with van der Waals surface area (Å²) in [6.07, 6.45) is 3.49. The number of aromatic nitrogens is 2. The highest BCUT2D eigenvalue weighted by atomic mass is 32.1. The molecule has 1 aromatic carbocycles. The Labute approximate surface area is 172 Å². The quantitative estimate of drug-likeness (QED) is 0.610. The first kappa shape index (κ1) is 20.4. The molecule has 0 spiro atoms. The summed E-state index contributed by atoms with van der Waals surface area (Å²) in [4.78, 5) is 22.0. The van der Waals surface area contributed by atoms with E-state index in [1.54, 1.807) is 24.5 Å². The molecule has 3 rings (SSSR count). The van der Waals surface area contributed by atoms with Crippen molar-refractivity contribution in [3.8, 4) is 27.8 Å². The first-order chi connectivity index (χ1) is 14.0. The number of ether oxygens (including phenoxy) is 3. The van der Waals surface area contributed by atoms with Crippen LogP contribution < -0.4 is 24.8 Å². The number of urea groups is 1. The van der Waals surface area contributed by atoms with E-state index < -0.39 is 0 Å². The van der Waals surface area contributed by atoms with E-state index in [0.29, 0.717) is 29.5 Å². The van der Waals surface area contributed by atoms with Crippen molar-refractivity contribution >= 4 is 23.1 Å². The van der Waals surface area contributed by atoms with E-state index in [0.717, 1.165) is 21.1 Å². The van der Waals surface area contributed by atoms with Gasteiger partial charge in [-0.3, -0.25) is 4.98 Å². The molecule has 0 aliphatic rings. The van der Waals surface area contributed by atoms with Crippen molar-refractivity contribution in [2.45, 2.75) is 13.5 Å². The van der Waals surface area contributed by atoms with Gasteiger partial charge in [0.15, 0.2) is 11.5 Å². The Bertz CT molecular complexity index is 966. The van der Waals surface area contributed by atoms with Crippen LogP contribution in [0.5, 0.6) is 17.2 Å². The molecule has 9 heteroatoms. The van der Waals surface area contributed by atoms with E-state index in [9.17, 15) is 4.79 Å². The number of nitrogens with one attached hydrogen (secondary N) is 2. The first-order valence-corrected chi connectivity index (χ1v) is 9.59. The molecule has 2 aromatic heterocycles. The van der Waals surface area contributed by atoms with E-state index in [1.807, 2.05) is 19.1 Å². The molecule has 2 amide bonds. The maximum atomic E-state index is 12.4. The van der Waals surface area contributed by atoms with Gasteiger partial charge in [-0.1, -0.05) is 0 Å². The van der Waals surface area contributed by atoms with Crippen molar-refractivity contribution < 1.29 is 19.0 Å². The number of nitrogens with zero attached hydrogens (tertiary/aromatic N) is 2. The Morgan fingerprint density at radius 3 is 2.45 bits per heavy atom. The summed E-state index contributed by atoms with van der Waals surface area (Å²) in [7, 11) is 4.57. The fourth-order valence-corrected chi connectivity index (χ4v) is 3.69. The fourth-order valence-electron chi connectivity index (χ4n) is 2.69. The van der Waals surface area contributed by atoms with Gasteiger partial charge in [0, 0.05) is 35.0 Å². The van der Waals surface area contributed by atoms with Gasteiger partial charge in [-0.25, -0.2) is 9.78 Å². The van der Waals surface area contributed by atoms with Crippen molar-refractivity contribution in [1.29, 1.82) is 0 Å². The Hall–Kier alpha value is -3.33. The number of aryl methyl sites for hydroxylation is 1. The lowest BCUT2D eigenvalue weighted by molar-refractivity contribution is 0.252. The number of benzene rings is 1. The Balaban J connectivity index is 1.67. The number of rotatable bonds is 7. The van der Waals surface area contributed by atoms with Crippen LogP contribution in [0.3, 0.4) is 0 Å². The second-order valence-corrected chi connectivity index (χ2v) is 7.07. The molecule has 0 aliphatic heterocycles. The second kappa shape index (κ2) is 9.24. The first-order valence-electron chi connectivity index (χ1n) is 8.77. The Kier molecular flexibility index (Phi) is 6.50. The third-order valence-electron chi connectivity index (χ3n) is 4.13. The van der Waals surface area contributed by atoms with Crippen molar-refractivity contribution in [3.63, 3.8) is 0 Å². The zero-order valence-corrected chi connectivity index (χ0v) is 17.4. The van der Waals surface area contributed by atoms with E-state index >= 15 is 0 Å². The lowest BCUT2D eigenvalue weighted by Gasteiger charge is -2.14. The Morgan fingerprint density at radius 2 is 1.86 bits per heavy atom. The molecule has 0 saturated carbocycles. The smallest absolute Gasteiger partial charge is 0.319 e. The van der Waals surface area contributed by atoms with Crippen LogP contribution in [0.15, 0.2) is 36.7 Å². The lowest BCUT2D eigenvalue weighted by atomic mass is 10.2. The van der Waals surface area contributed by atoms with Gasteiger partial charge >= 0.3 is 6.03 Å². The molecule has 3 aromatic rings. The predicted molar refractivity (Wildman–Crippen MR) is 112 cm³/mol. The van der Waals surface area contributed by atoms with Crippen molar-refractivity contribution in [3.05, 3.63) is 47.2 Å². The Morgan fingerprint density at radius 1 is 1.14 bits per heavy atom. The normalized spacial score (nSPS) is 10.3. The van der Waals surface area contributed by atoms with Crippen LogP contribution in [-0.4, -0.2) is 37.3 Å². The summed E-state index contributed by atoms with van der Waals surface area (Å²) in [6.45, 7) is 2.28. The summed E-state index contributed by atoms with van der Waals surface area (Å²) < 4.78 is 15.9. The van der Waals surface area contributed by atoms with Gasteiger partial charge in [-0.05, 0) is 19.1 Å². The number of carbonyl (C=O) groups excluding carboxylic acids is 1. The third-order valence-corrected chi connectivity index (χ3v) is 5.34. The summed E-state index contributed by atoms with van der Waals surface area (Å²) in [5.74, 6) is 1.38. The molecule has 2 N–H and O–H groups in total. The second-order valence-electron chi connectivity index (χ2n) is 5.99. The standard InChI is InChI=1S/C20H22N4O4S/c1-12-17(29-19(23-12)13-6-5-7-21-10-13)11-22-20(25)24-14-8-15(26-2)18(28-4)16(9-14)27-3/h5-10H,11H2,1-4H3,(H2,22,24,25). The number of thiazole rings is 1. The molecule has 0 saturated heterocycles. The maximum absolute atomic E-state index is 12.4. The van der Waals surface area contributed by atoms with Gasteiger partial charge in [0.25, 0.3) is 0 Å². The molecule has 0 atom stereocenters. The number of pyridine rings is 1. The SMILES string of the molecule is COc1cc(NC(=O)NCc2sc(-c3cccnc3)nc2C)cc(OC)c1OC. The van der Waals surface area contributed by atoms with Gasteiger partial charge in [-0.15, -0.1) is 11.3 Å². The maximum Gasteiger partial charge on any atom is 0.319 e. The van der Waals surface area contributed by atoms with Crippen LogP contribution in [0.2, 0.25) is 0 Å². The van der Waals surface area contributed by atoms with Crippen LogP contribution in [0, 0.1) is 6.92 Å². The highest BCUT2D eigenvalue weighted by Gasteiger charge is 2.15. The van der Waals surface area contributed by atoms with Crippen molar-refractivity contribution in [2.24, 2.45) is 0 Å². The molecule has 2 heterocycles. The number of anilines is 1. The summed E-state index contributed by atoms with van der Waals surface area (Å²) in [6, 6.07) is 6.81. The van der Waals surface area contributed by atoms with E-state index in [4.69, 9.17) is 14.2 Å². The zero-order chi connectivity index (χ0) is 20.8. The van der Waals surface area contributed by atoms with Crippen LogP contribution >= 0.6 is 11.3 Å². The van der Waals surface area contributed by atoms with Gasteiger partial charge in [-0.2, -0.15) is 0 Å². The minimum Gasteiger partial charge on any atom is -0.493 e. The summed E-state index contributed by atoms with van der Waals surface area (Å²) >= 11 is 1.53. The van der Waals surface area contributed by atoms with E-state index in [1.165, 1.54) is 32.7 Å². The largest absolute Gasteiger partial charge is 0.493 e. The molecule has 8 nitrogen and oxygen atoms in total. The molecule has 0 aliphatic carbocycles. The highest BCUT2D eigenvalue weighted by Crippen LogP contribution is 2.39. The monoisotopic (exact) mass is 414 g/mol. The van der Waals surface area contributed by atoms with Crippen LogP contribution in [0.4, 0.5) is 10.5 Å². The molecule has 0 bridgehead atoms. The number of hydrogen-bond donors (Lipinski definition) is 2. The van der Waals surface area contributed by atoms with Gasteiger partial charge in [0.1, 0.15) is 5.01 Å². The van der Waals surface area contributed by atoms with Crippen LogP contribution in [0.25, 0.3) is 10.6 Å². The molecule has 0 unspecified atom stereocenters. The van der Waals surface area contributed by atoms with Gasteiger partial charge < -0.3 is 24.8 Å². The predicted octanol–water partition coefficient (Wildman–Crippen LogP) is 3.86. The molecule has 0 fully saturated rings. The number of hydrogen-bond acceptors (Lipinski definition) is 7. The third kappa shape index (κ3) is 4.75. The lowest BCUT2D eigenvalue weighted by Crippen LogP contribution is -2.28. The van der Waals surface area contributed by atoms with E-state index in [2.05, 4.69) is 20.6 Å². The molecular formula is C20H22N4O4S. The minimum atomic E-state index is -0.352. The van der Waals surface area contributed by atoms with Crippen LogP contribution in [0.1, 0.15) is 10.6 Å². The average molecular weight is 414 g/mol. The number of carbonyl (C=O) groups is 1. The van der Waals surface area contributed by atoms with Gasteiger partial charge in [0.05, 0.1) is 39.3 Å². The highest BCUT2D eigenvalue weighted by molar-refractivity contribution is 7.15.